The zero-order chi connectivity index (χ0) is 14.1. The summed E-state index contributed by atoms with van der Waals surface area (Å²) in [5.41, 5.74) is 0. The summed E-state index contributed by atoms with van der Waals surface area (Å²) in [6.07, 6.45) is 3.97. The van der Waals surface area contributed by atoms with Crippen molar-refractivity contribution in [2.45, 2.75) is 45.6 Å². The van der Waals surface area contributed by atoms with E-state index >= 15 is 0 Å². The Morgan fingerprint density at radius 1 is 1.21 bits per heavy atom. The van der Waals surface area contributed by atoms with Gasteiger partial charge in [-0.1, -0.05) is 13.8 Å². The quantitative estimate of drug-likeness (QED) is 0.529. The van der Waals surface area contributed by atoms with Crippen LogP contribution in [0.3, 0.4) is 0 Å². The maximum atomic E-state index is 11.6. The summed E-state index contributed by atoms with van der Waals surface area (Å²) in [5.74, 6) is 0.959. The van der Waals surface area contributed by atoms with Crippen LogP contribution in [0.5, 0.6) is 0 Å². The van der Waals surface area contributed by atoms with Gasteiger partial charge in [-0.3, -0.25) is 0 Å². The molecule has 5 nitrogen and oxygen atoms in total. The van der Waals surface area contributed by atoms with Crippen molar-refractivity contribution >= 4 is 10.0 Å². The van der Waals surface area contributed by atoms with Crippen LogP contribution in [0.1, 0.15) is 39.5 Å². The molecule has 6 heteroatoms. The molecule has 0 radical (unpaired) electrons. The first-order chi connectivity index (χ1) is 8.99. The van der Waals surface area contributed by atoms with Gasteiger partial charge in [-0.25, -0.2) is 13.1 Å². The molecule has 1 aliphatic carbocycles. The highest BCUT2D eigenvalue weighted by Gasteiger charge is 2.20. The van der Waals surface area contributed by atoms with Crippen molar-refractivity contribution in [3.63, 3.8) is 0 Å². The summed E-state index contributed by atoms with van der Waals surface area (Å²) >= 11 is 0. The molecule has 19 heavy (non-hydrogen) atoms. The van der Waals surface area contributed by atoms with Crippen LogP contribution in [-0.4, -0.2) is 46.5 Å². The zero-order valence-electron chi connectivity index (χ0n) is 12.2. The van der Waals surface area contributed by atoms with Crippen LogP contribution in [0, 0.1) is 5.92 Å². The topological polar surface area (TPSA) is 67.4 Å². The molecule has 0 atom stereocenters. The Bertz CT molecular complexity index is 327. The van der Waals surface area contributed by atoms with Gasteiger partial charge in [0.1, 0.15) is 0 Å². The minimum atomic E-state index is -3.12. The molecule has 0 spiro atoms. The molecular weight excluding hydrogens is 264 g/mol. The Morgan fingerprint density at radius 2 is 1.95 bits per heavy atom. The van der Waals surface area contributed by atoms with Crippen molar-refractivity contribution in [1.29, 1.82) is 0 Å². The van der Waals surface area contributed by atoms with Gasteiger partial charge < -0.3 is 10.1 Å². The van der Waals surface area contributed by atoms with Gasteiger partial charge in [-0.05, 0) is 38.1 Å². The van der Waals surface area contributed by atoms with Crippen LogP contribution in [-0.2, 0) is 14.8 Å². The molecule has 1 aliphatic rings. The van der Waals surface area contributed by atoms with Crippen LogP contribution in [0.25, 0.3) is 0 Å². The van der Waals surface area contributed by atoms with Crippen molar-refractivity contribution < 1.29 is 13.2 Å². The lowest BCUT2D eigenvalue weighted by molar-refractivity contribution is 0.123. The Balaban J connectivity index is 1.93. The lowest BCUT2D eigenvalue weighted by Gasteiger charge is -2.09. The highest BCUT2D eigenvalue weighted by molar-refractivity contribution is 7.89. The molecule has 1 fully saturated rings. The summed E-state index contributed by atoms with van der Waals surface area (Å²) in [6.45, 7) is 6.80. The maximum absolute atomic E-state index is 11.6. The van der Waals surface area contributed by atoms with Crippen molar-refractivity contribution in [2.75, 3.05) is 32.1 Å². The van der Waals surface area contributed by atoms with Gasteiger partial charge in [0.15, 0.2) is 0 Å². The molecular formula is C13H28N2O3S. The minimum absolute atomic E-state index is 0.190. The zero-order valence-corrected chi connectivity index (χ0v) is 13.0. The molecule has 1 saturated carbocycles. The summed E-state index contributed by atoms with van der Waals surface area (Å²) in [5, 5.41) is 3.21. The van der Waals surface area contributed by atoms with Gasteiger partial charge in [0.25, 0.3) is 0 Å². The third-order valence-corrected chi connectivity index (χ3v) is 4.45. The fraction of sp³-hybridized carbons (Fsp3) is 1.00. The van der Waals surface area contributed by atoms with Crippen LogP contribution in [0.15, 0.2) is 0 Å². The van der Waals surface area contributed by atoms with Crippen molar-refractivity contribution in [1.82, 2.24) is 10.0 Å². The second kappa shape index (κ2) is 8.89. The van der Waals surface area contributed by atoms with Crippen LogP contribution in [0.2, 0.25) is 0 Å². The molecule has 0 bridgehead atoms. The van der Waals surface area contributed by atoms with E-state index in [0.717, 1.165) is 25.5 Å². The normalized spacial score (nSPS) is 16.2. The van der Waals surface area contributed by atoms with E-state index in [1.165, 1.54) is 12.8 Å². The number of rotatable bonds is 12. The Morgan fingerprint density at radius 3 is 2.58 bits per heavy atom. The molecule has 0 aromatic rings. The third-order valence-electron chi connectivity index (χ3n) is 2.98. The van der Waals surface area contributed by atoms with Gasteiger partial charge in [-0.15, -0.1) is 0 Å². The molecule has 0 amide bonds. The number of hydrogen-bond donors (Lipinski definition) is 2. The monoisotopic (exact) mass is 292 g/mol. The Hall–Kier alpha value is -0.170. The summed E-state index contributed by atoms with van der Waals surface area (Å²) in [6, 6.07) is 0.402. The molecule has 0 unspecified atom stereocenters. The Labute approximate surface area is 117 Å². The van der Waals surface area contributed by atoms with E-state index in [1.807, 2.05) is 13.8 Å². The van der Waals surface area contributed by atoms with Crippen LogP contribution >= 0.6 is 0 Å². The fourth-order valence-electron chi connectivity index (χ4n) is 1.66. The molecule has 0 aromatic heterocycles. The Kier molecular flexibility index (Phi) is 7.90. The second-order valence-corrected chi connectivity index (χ2v) is 7.47. The highest BCUT2D eigenvalue weighted by atomic mass is 32.2. The van der Waals surface area contributed by atoms with Crippen LogP contribution in [0.4, 0.5) is 0 Å². The lowest BCUT2D eigenvalue weighted by Crippen LogP contribution is -2.31. The summed E-state index contributed by atoms with van der Waals surface area (Å²) in [4.78, 5) is 0. The molecule has 0 saturated heterocycles. The first-order valence-corrected chi connectivity index (χ1v) is 8.93. The van der Waals surface area contributed by atoms with E-state index in [2.05, 4.69) is 10.0 Å². The van der Waals surface area contributed by atoms with Gasteiger partial charge in [-0.2, -0.15) is 0 Å². The van der Waals surface area contributed by atoms with Crippen molar-refractivity contribution in [3.05, 3.63) is 0 Å². The average molecular weight is 292 g/mol. The third kappa shape index (κ3) is 10.3. The van der Waals surface area contributed by atoms with Crippen molar-refractivity contribution in [3.8, 4) is 0 Å². The van der Waals surface area contributed by atoms with E-state index in [1.54, 1.807) is 0 Å². The number of sulfonamides is 1. The SMILES string of the molecule is CC(C)NCCCS(=O)(=O)NCCCOCC1CC1. The molecule has 2 N–H and O–H groups in total. The largest absolute Gasteiger partial charge is 0.381 e. The van der Waals surface area contributed by atoms with Gasteiger partial charge >= 0.3 is 0 Å². The summed E-state index contributed by atoms with van der Waals surface area (Å²) in [7, 11) is -3.12. The number of hydrogen-bond acceptors (Lipinski definition) is 4. The standard InChI is InChI=1S/C13H28N2O3S/c1-12(2)14-7-4-10-19(16,17)15-8-3-9-18-11-13-5-6-13/h12-15H,3-11H2,1-2H3. The van der Waals surface area contributed by atoms with Gasteiger partial charge in [0, 0.05) is 25.8 Å². The minimum Gasteiger partial charge on any atom is -0.381 e. The number of nitrogens with one attached hydrogen (secondary N) is 2. The molecule has 114 valence electrons. The van der Waals surface area contributed by atoms with Crippen LogP contribution < -0.4 is 10.0 Å². The van der Waals surface area contributed by atoms with Gasteiger partial charge in [0.2, 0.25) is 10.0 Å². The molecule has 0 heterocycles. The average Bonchev–Trinajstić information content (AvgIpc) is 3.13. The maximum Gasteiger partial charge on any atom is 0.211 e. The smallest absolute Gasteiger partial charge is 0.211 e. The van der Waals surface area contributed by atoms with Crippen molar-refractivity contribution in [2.24, 2.45) is 5.92 Å². The number of ether oxygens (including phenoxy) is 1. The summed E-state index contributed by atoms with van der Waals surface area (Å²) < 4.78 is 31.4. The van der Waals surface area contributed by atoms with E-state index < -0.39 is 10.0 Å². The predicted molar refractivity (Wildman–Crippen MR) is 77.7 cm³/mol. The molecule has 0 aliphatic heterocycles. The lowest BCUT2D eigenvalue weighted by atomic mass is 10.4. The van der Waals surface area contributed by atoms with E-state index in [0.29, 0.717) is 25.6 Å². The highest BCUT2D eigenvalue weighted by Crippen LogP contribution is 2.28. The van der Waals surface area contributed by atoms with E-state index in [9.17, 15) is 8.42 Å². The fourth-order valence-corrected chi connectivity index (χ4v) is 2.79. The first kappa shape index (κ1) is 16.9. The molecule has 0 aromatic carbocycles. The molecule has 1 rings (SSSR count). The van der Waals surface area contributed by atoms with E-state index in [4.69, 9.17) is 4.74 Å². The van der Waals surface area contributed by atoms with E-state index in [-0.39, 0.29) is 5.75 Å². The first-order valence-electron chi connectivity index (χ1n) is 7.28. The predicted octanol–water partition coefficient (Wildman–Crippen LogP) is 1.11. The second-order valence-electron chi connectivity index (χ2n) is 5.55. The van der Waals surface area contributed by atoms with Gasteiger partial charge in [0.05, 0.1) is 5.75 Å².